The quantitative estimate of drug-likeness (QED) is 0.771. The molecule has 1 aromatic heterocycles. The second-order valence-corrected chi connectivity index (χ2v) is 5.55. The molecule has 0 fully saturated rings. The molecular weight excluding hydrogens is 214 g/mol. The summed E-state index contributed by atoms with van der Waals surface area (Å²) >= 11 is 7.47. The minimum Gasteiger partial charge on any atom is -0.325 e. The van der Waals surface area contributed by atoms with Crippen LogP contribution in [0.4, 0.5) is 0 Å². The first-order chi connectivity index (χ1) is 6.68. The Labute approximate surface area is 93.6 Å². The molecule has 3 heteroatoms. The van der Waals surface area contributed by atoms with E-state index in [-0.39, 0.29) is 5.54 Å². The summed E-state index contributed by atoms with van der Waals surface area (Å²) in [6.45, 7) is 0. The van der Waals surface area contributed by atoms with Gasteiger partial charge in [-0.05, 0) is 42.7 Å². The third-order valence-corrected chi connectivity index (χ3v) is 3.82. The number of thiophene rings is 1. The van der Waals surface area contributed by atoms with E-state index < -0.39 is 0 Å². The van der Waals surface area contributed by atoms with Crippen LogP contribution in [0.5, 0.6) is 0 Å². The van der Waals surface area contributed by atoms with Crippen molar-refractivity contribution in [2.75, 3.05) is 0 Å². The topological polar surface area (TPSA) is 26.0 Å². The highest BCUT2D eigenvalue weighted by Crippen LogP contribution is 2.28. The standard InChI is InChI=1S/C11H14ClNS/c12-10-6-9(8-14-10)7-11(13)4-2-1-3-5-11/h1-2,6,8H,3-5,7,13H2. The average molecular weight is 228 g/mol. The Morgan fingerprint density at radius 2 is 2.36 bits per heavy atom. The van der Waals surface area contributed by atoms with Gasteiger partial charge in [0.2, 0.25) is 0 Å². The molecule has 0 saturated heterocycles. The Kier molecular flexibility index (Phi) is 2.96. The molecule has 0 aliphatic heterocycles. The molecule has 2 rings (SSSR count). The molecule has 1 aromatic rings. The molecule has 0 radical (unpaired) electrons. The molecular formula is C11H14ClNS. The van der Waals surface area contributed by atoms with Gasteiger partial charge in [-0.3, -0.25) is 0 Å². The SMILES string of the molecule is NC1(Cc2csc(Cl)c2)CC=CCC1. The molecule has 0 amide bonds. The van der Waals surface area contributed by atoms with Crippen molar-refractivity contribution >= 4 is 22.9 Å². The van der Waals surface area contributed by atoms with Gasteiger partial charge in [0.1, 0.15) is 0 Å². The molecule has 14 heavy (non-hydrogen) atoms. The van der Waals surface area contributed by atoms with E-state index in [4.69, 9.17) is 17.3 Å². The lowest BCUT2D eigenvalue weighted by Gasteiger charge is -2.30. The van der Waals surface area contributed by atoms with Gasteiger partial charge in [0.15, 0.2) is 0 Å². The summed E-state index contributed by atoms with van der Waals surface area (Å²) < 4.78 is 0.856. The van der Waals surface area contributed by atoms with E-state index in [9.17, 15) is 0 Å². The molecule has 1 aliphatic rings. The zero-order valence-corrected chi connectivity index (χ0v) is 9.57. The van der Waals surface area contributed by atoms with E-state index in [1.54, 1.807) is 11.3 Å². The predicted molar refractivity (Wildman–Crippen MR) is 62.9 cm³/mol. The van der Waals surface area contributed by atoms with Gasteiger partial charge in [-0.25, -0.2) is 0 Å². The number of rotatable bonds is 2. The van der Waals surface area contributed by atoms with Crippen molar-refractivity contribution in [1.29, 1.82) is 0 Å². The number of halogens is 1. The number of hydrogen-bond donors (Lipinski definition) is 1. The molecule has 0 aromatic carbocycles. The molecule has 0 bridgehead atoms. The van der Waals surface area contributed by atoms with E-state index in [0.29, 0.717) is 0 Å². The second-order valence-electron chi connectivity index (χ2n) is 4.01. The van der Waals surface area contributed by atoms with Crippen LogP contribution in [0.1, 0.15) is 24.8 Å². The van der Waals surface area contributed by atoms with Crippen LogP contribution < -0.4 is 5.73 Å². The summed E-state index contributed by atoms with van der Waals surface area (Å²) in [5.41, 5.74) is 7.54. The van der Waals surface area contributed by atoms with Crippen molar-refractivity contribution < 1.29 is 0 Å². The Morgan fingerprint density at radius 3 is 2.93 bits per heavy atom. The van der Waals surface area contributed by atoms with Crippen molar-refractivity contribution in [3.05, 3.63) is 33.5 Å². The number of hydrogen-bond acceptors (Lipinski definition) is 2. The highest BCUT2D eigenvalue weighted by atomic mass is 35.5. The summed E-state index contributed by atoms with van der Waals surface area (Å²) in [6.07, 6.45) is 8.52. The van der Waals surface area contributed by atoms with Crippen LogP contribution in [0, 0.1) is 0 Å². The first-order valence-electron chi connectivity index (χ1n) is 4.85. The fraction of sp³-hybridized carbons (Fsp3) is 0.455. The van der Waals surface area contributed by atoms with Crippen LogP contribution in [0.25, 0.3) is 0 Å². The van der Waals surface area contributed by atoms with Gasteiger partial charge in [-0.2, -0.15) is 0 Å². The van der Waals surface area contributed by atoms with Crippen LogP contribution >= 0.6 is 22.9 Å². The van der Waals surface area contributed by atoms with Gasteiger partial charge >= 0.3 is 0 Å². The lowest BCUT2D eigenvalue weighted by atomic mass is 9.82. The largest absolute Gasteiger partial charge is 0.325 e. The van der Waals surface area contributed by atoms with E-state index in [1.165, 1.54) is 5.56 Å². The molecule has 76 valence electrons. The summed E-state index contributed by atoms with van der Waals surface area (Å²) in [7, 11) is 0. The lowest BCUT2D eigenvalue weighted by Crippen LogP contribution is -2.42. The maximum Gasteiger partial charge on any atom is 0.0931 e. The van der Waals surface area contributed by atoms with E-state index in [1.807, 2.05) is 6.07 Å². The maximum absolute atomic E-state index is 6.31. The third kappa shape index (κ3) is 2.38. The molecule has 1 heterocycles. The van der Waals surface area contributed by atoms with Crippen molar-refractivity contribution in [2.24, 2.45) is 5.73 Å². The predicted octanol–water partition coefficient (Wildman–Crippen LogP) is 3.38. The summed E-state index contributed by atoms with van der Waals surface area (Å²) in [5, 5.41) is 2.11. The van der Waals surface area contributed by atoms with Crippen LogP contribution in [0.2, 0.25) is 4.34 Å². The van der Waals surface area contributed by atoms with E-state index in [0.717, 1.165) is 30.0 Å². The van der Waals surface area contributed by atoms with Crippen molar-refractivity contribution in [1.82, 2.24) is 0 Å². The fourth-order valence-corrected chi connectivity index (χ4v) is 2.82. The van der Waals surface area contributed by atoms with Gasteiger partial charge in [0.05, 0.1) is 4.34 Å². The molecule has 1 aliphatic carbocycles. The molecule has 0 saturated carbocycles. The smallest absolute Gasteiger partial charge is 0.0931 e. The molecule has 1 atom stereocenters. The summed E-state index contributed by atoms with van der Waals surface area (Å²) in [4.78, 5) is 0. The van der Waals surface area contributed by atoms with Gasteiger partial charge < -0.3 is 5.73 Å². The molecule has 2 N–H and O–H groups in total. The van der Waals surface area contributed by atoms with Crippen LogP contribution in [0.3, 0.4) is 0 Å². The Balaban J connectivity index is 2.06. The molecule has 1 unspecified atom stereocenters. The first kappa shape index (κ1) is 10.2. The summed E-state index contributed by atoms with van der Waals surface area (Å²) in [5.74, 6) is 0. The van der Waals surface area contributed by atoms with Crippen molar-refractivity contribution in [2.45, 2.75) is 31.2 Å². The average Bonchev–Trinajstić information content (AvgIpc) is 2.51. The molecule has 1 nitrogen and oxygen atoms in total. The van der Waals surface area contributed by atoms with Gasteiger partial charge in [-0.15, -0.1) is 11.3 Å². The zero-order valence-electron chi connectivity index (χ0n) is 8.00. The van der Waals surface area contributed by atoms with Crippen LogP contribution in [-0.2, 0) is 6.42 Å². The van der Waals surface area contributed by atoms with Gasteiger partial charge in [-0.1, -0.05) is 23.8 Å². The van der Waals surface area contributed by atoms with Gasteiger partial charge in [0.25, 0.3) is 0 Å². The Bertz CT molecular complexity index is 345. The van der Waals surface area contributed by atoms with Crippen LogP contribution in [0.15, 0.2) is 23.6 Å². The normalized spacial score (nSPS) is 26.7. The second kappa shape index (κ2) is 4.05. The zero-order chi connectivity index (χ0) is 10.0. The minimum atomic E-state index is -0.0425. The third-order valence-electron chi connectivity index (χ3n) is 2.68. The minimum absolute atomic E-state index is 0.0425. The summed E-state index contributed by atoms with van der Waals surface area (Å²) in [6, 6.07) is 2.03. The molecule has 0 spiro atoms. The van der Waals surface area contributed by atoms with E-state index >= 15 is 0 Å². The maximum atomic E-state index is 6.31. The Hall–Kier alpha value is -0.310. The number of nitrogens with two attached hydrogens (primary N) is 1. The number of allylic oxidation sites excluding steroid dienone is 1. The lowest BCUT2D eigenvalue weighted by molar-refractivity contribution is 0.385. The van der Waals surface area contributed by atoms with Gasteiger partial charge in [0, 0.05) is 5.54 Å². The Morgan fingerprint density at radius 1 is 1.50 bits per heavy atom. The fourth-order valence-electron chi connectivity index (χ4n) is 1.91. The first-order valence-corrected chi connectivity index (χ1v) is 6.11. The van der Waals surface area contributed by atoms with Crippen molar-refractivity contribution in [3.8, 4) is 0 Å². The highest BCUT2D eigenvalue weighted by Gasteiger charge is 2.25. The van der Waals surface area contributed by atoms with Crippen LogP contribution in [-0.4, -0.2) is 5.54 Å². The van der Waals surface area contributed by atoms with E-state index in [2.05, 4.69) is 17.5 Å². The van der Waals surface area contributed by atoms with Crippen molar-refractivity contribution in [3.63, 3.8) is 0 Å². The highest BCUT2D eigenvalue weighted by molar-refractivity contribution is 7.14. The monoisotopic (exact) mass is 227 g/mol.